The van der Waals surface area contributed by atoms with Crippen LogP contribution in [0, 0.1) is 0 Å². The van der Waals surface area contributed by atoms with Crippen LogP contribution in [0.5, 0.6) is 11.5 Å². The molecule has 25 heavy (non-hydrogen) atoms. The average Bonchev–Trinajstić information content (AvgIpc) is 2.66. The van der Waals surface area contributed by atoms with Crippen molar-refractivity contribution in [1.29, 1.82) is 0 Å². The molecule has 0 aliphatic carbocycles. The second kappa shape index (κ2) is 8.53. The van der Waals surface area contributed by atoms with Crippen molar-refractivity contribution in [2.45, 2.75) is 19.6 Å². The minimum absolute atomic E-state index is 0.0263. The quantitative estimate of drug-likeness (QED) is 0.878. The first-order chi connectivity index (χ1) is 12.2. The van der Waals surface area contributed by atoms with E-state index in [4.69, 9.17) is 9.47 Å². The first kappa shape index (κ1) is 17.3. The molecule has 0 aromatic heterocycles. The van der Waals surface area contributed by atoms with Crippen molar-refractivity contribution in [2.24, 2.45) is 0 Å². The van der Waals surface area contributed by atoms with Crippen LogP contribution in [0.3, 0.4) is 0 Å². The molecule has 1 heterocycles. The molecule has 1 saturated heterocycles. The van der Waals surface area contributed by atoms with Crippen molar-refractivity contribution in [2.75, 3.05) is 26.2 Å². The van der Waals surface area contributed by atoms with Crippen LogP contribution < -0.4 is 14.8 Å². The normalized spacial score (nSPS) is 17.2. The molecule has 1 aliphatic heterocycles. The van der Waals surface area contributed by atoms with E-state index in [2.05, 4.69) is 5.32 Å². The molecule has 1 atom stereocenters. The molecule has 0 radical (unpaired) electrons. The summed E-state index contributed by atoms with van der Waals surface area (Å²) in [5.41, 5.74) is 1.12. The zero-order valence-electron chi connectivity index (χ0n) is 14.5. The molecular weight excluding hydrogens is 316 g/mol. The van der Waals surface area contributed by atoms with Crippen molar-refractivity contribution in [3.8, 4) is 11.5 Å². The van der Waals surface area contributed by atoms with Crippen LogP contribution in [-0.4, -0.2) is 43.1 Å². The van der Waals surface area contributed by atoms with Crippen LogP contribution in [0.15, 0.2) is 54.6 Å². The third-order valence-corrected chi connectivity index (χ3v) is 4.26. The molecule has 0 bridgehead atoms. The average molecular weight is 340 g/mol. The van der Waals surface area contributed by atoms with E-state index in [1.165, 1.54) is 0 Å². The molecule has 3 rings (SSSR count). The zero-order chi connectivity index (χ0) is 17.5. The van der Waals surface area contributed by atoms with E-state index in [0.717, 1.165) is 30.9 Å². The van der Waals surface area contributed by atoms with Gasteiger partial charge in [0.1, 0.15) is 18.1 Å². The van der Waals surface area contributed by atoms with Crippen molar-refractivity contribution in [3.05, 3.63) is 60.2 Å². The van der Waals surface area contributed by atoms with Gasteiger partial charge in [0.15, 0.2) is 6.61 Å². The van der Waals surface area contributed by atoms with Gasteiger partial charge in [0, 0.05) is 25.7 Å². The fourth-order valence-corrected chi connectivity index (χ4v) is 2.81. The molecule has 5 nitrogen and oxygen atoms in total. The lowest BCUT2D eigenvalue weighted by molar-refractivity contribution is -0.136. The fraction of sp³-hybridized carbons (Fsp3) is 0.350. The van der Waals surface area contributed by atoms with Gasteiger partial charge in [-0.1, -0.05) is 30.3 Å². The number of carbonyl (C=O) groups excluding carboxylic acids is 1. The lowest BCUT2D eigenvalue weighted by atomic mass is 10.2. The Balaban J connectivity index is 1.46. The smallest absolute Gasteiger partial charge is 0.260 e. The van der Waals surface area contributed by atoms with Crippen molar-refractivity contribution < 1.29 is 14.3 Å². The highest BCUT2D eigenvalue weighted by Gasteiger charge is 2.23. The predicted molar refractivity (Wildman–Crippen MR) is 96.8 cm³/mol. The van der Waals surface area contributed by atoms with Crippen LogP contribution in [0.1, 0.15) is 12.5 Å². The fourth-order valence-electron chi connectivity index (χ4n) is 2.81. The van der Waals surface area contributed by atoms with Gasteiger partial charge in [-0.3, -0.25) is 4.79 Å². The van der Waals surface area contributed by atoms with Crippen molar-refractivity contribution in [3.63, 3.8) is 0 Å². The number of rotatable bonds is 6. The van der Waals surface area contributed by atoms with E-state index in [-0.39, 0.29) is 18.6 Å². The summed E-state index contributed by atoms with van der Waals surface area (Å²) in [7, 11) is 0. The summed E-state index contributed by atoms with van der Waals surface area (Å²) in [4.78, 5) is 14.1. The first-order valence-corrected chi connectivity index (χ1v) is 8.62. The number of nitrogens with one attached hydrogen (secondary N) is 1. The Kier molecular flexibility index (Phi) is 5.90. The Labute approximate surface area is 148 Å². The van der Waals surface area contributed by atoms with Crippen molar-refractivity contribution >= 4 is 5.91 Å². The van der Waals surface area contributed by atoms with Crippen LogP contribution in [0.2, 0.25) is 0 Å². The first-order valence-electron chi connectivity index (χ1n) is 8.62. The Bertz CT molecular complexity index is 673. The monoisotopic (exact) mass is 340 g/mol. The van der Waals surface area contributed by atoms with Gasteiger partial charge in [0.25, 0.3) is 5.91 Å². The van der Waals surface area contributed by atoms with Gasteiger partial charge < -0.3 is 19.7 Å². The van der Waals surface area contributed by atoms with Crippen molar-refractivity contribution in [1.82, 2.24) is 10.2 Å². The standard InChI is InChI=1S/C20H24N2O3/c1-16-13-21-11-12-22(16)20(23)15-25-19-9-7-18(8-10-19)24-14-17-5-3-2-4-6-17/h2-10,16,21H,11-15H2,1H3/t16-/m0/s1. The molecule has 2 aromatic rings. The maximum Gasteiger partial charge on any atom is 0.260 e. The van der Waals surface area contributed by atoms with Gasteiger partial charge >= 0.3 is 0 Å². The van der Waals surface area contributed by atoms with E-state index in [1.54, 1.807) is 0 Å². The molecule has 132 valence electrons. The molecule has 1 aliphatic rings. The summed E-state index contributed by atoms with van der Waals surface area (Å²) in [5.74, 6) is 1.47. The minimum Gasteiger partial charge on any atom is -0.489 e. The largest absolute Gasteiger partial charge is 0.489 e. The Morgan fingerprint density at radius 3 is 2.44 bits per heavy atom. The molecule has 0 unspecified atom stereocenters. The molecular formula is C20H24N2O3. The highest BCUT2D eigenvalue weighted by Crippen LogP contribution is 2.19. The maximum atomic E-state index is 12.3. The third-order valence-electron chi connectivity index (χ3n) is 4.26. The highest BCUT2D eigenvalue weighted by atomic mass is 16.5. The molecule has 0 saturated carbocycles. The Morgan fingerprint density at radius 2 is 1.76 bits per heavy atom. The second-order valence-electron chi connectivity index (χ2n) is 6.17. The van der Waals surface area contributed by atoms with Crippen LogP contribution in [-0.2, 0) is 11.4 Å². The number of benzene rings is 2. The molecule has 0 spiro atoms. The van der Waals surface area contributed by atoms with Gasteiger partial charge in [-0.05, 0) is 36.8 Å². The number of piperazine rings is 1. The molecule has 1 fully saturated rings. The van der Waals surface area contributed by atoms with Gasteiger partial charge in [0.05, 0.1) is 0 Å². The van der Waals surface area contributed by atoms with Gasteiger partial charge in [0.2, 0.25) is 0 Å². The molecule has 2 aromatic carbocycles. The topological polar surface area (TPSA) is 50.8 Å². The Morgan fingerprint density at radius 1 is 1.08 bits per heavy atom. The van der Waals surface area contributed by atoms with Crippen LogP contribution in [0.25, 0.3) is 0 Å². The number of hydrogen-bond acceptors (Lipinski definition) is 4. The number of amides is 1. The Hall–Kier alpha value is -2.53. The molecule has 1 N–H and O–H groups in total. The predicted octanol–water partition coefficient (Wildman–Crippen LogP) is 2.46. The van der Waals surface area contributed by atoms with E-state index in [9.17, 15) is 4.79 Å². The number of ether oxygens (including phenoxy) is 2. The summed E-state index contributed by atoms with van der Waals surface area (Å²) in [6.45, 7) is 5.04. The maximum absolute atomic E-state index is 12.3. The van der Waals surface area contributed by atoms with Gasteiger partial charge in [-0.25, -0.2) is 0 Å². The summed E-state index contributed by atoms with van der Waals surface area (Å²) in [6, 6.07) is 17.6. The highest BCUT2D eigenvalue weighted by molar-refractivity contribution is 5.78. The molecule has 1 amide bonds. The number of hydrogen-bond donors (Lipinski definition) is 1. The van der Waals surface area contributed by atoms with Crippen LogP contribution >= 0.6 is 0 Å². The minimum atomic E-state index is 0.0263. The van der Waals surface area contributed by atoms with Gasteiger partial charge in [-0.2, -0.15) is 0 Å². The van der Waals surface area contributed by atoms with Crippen LogP contribution in [0.4, 0.5) is 0 Å². The summed E-state index contributed by atoms with van der Waals surface area (Å²) in [5, 5.41) is 3.27. The lowest BCUT2D eigenvalue weighted by Gasteiger charge is -2.33. The van der Waals surface area contributed by atoms with E-state index >= 15 is 0 Å². The van der Waals surface area contributed by atoms with E-state index < -0.39 is 0 Å². The SMILES string of the molecule is C[C@H]1CNCCN1C(=O)COc1ccc(OCc2ccccc2)cc1. The lowest BCUT2D eigenvalue weighted by Crippen LogP contribution is -2.53. The zero-order valence-corrected chi connectivity index (χ0v) is 14.5. The second-order valence-corrected chi connectivity index (χ2v) is 6.17. The number of carbonyl (C=O) groups is 1. The number of nitrogens with zero attached hydrogens (tertiary/aromatic N) is 1. The summed E-state index contributed by atoms with van der Waals surface area (Å²) >= 11 is 0. The van der Waals surface area contributed by atoms with E-state index in [1.807, 2.05) is 66.4 Å². The third kappa shape index (κ3) is 4.97. The van der Waals surface area contributed by atoms with E-state index in [0.29, 0.717) is 12.4 Å². The summed E-state index contributed by atoms with van der Waals surface area (Å²) < 4.78 is 11.4. The summed E-state index contributed by atoms with van der Waals surface area (Å²) in [6.07, 6.45) is 0. The molecule has 5 heteroatoms. The van der Waals surface area contributed by atoms with Gasteiger partial charge in [-0.15, -0.1) is 0 Å².